The molecule has 0 saturated carbocycles. The predicted octanol–water partition coefficient (Wildman–Crippen LogP) is 1.09. The van der Waals surface area contributed by atoms with Gasteiger partial charge in [-0.15, -0.1) is 0 Å². The number of carboxylic acids is 1. The molecule has 0 spiro atoms. The van der Waals surface area contributed by atoms with Crippen molar-refractivity contribution in [2.75, 3.05) is 0 Å². The summed E-state index contributed by atoms with van der Waals surface area (Å²) >= 11 is 0. The van der Waals surface area contributed by atoms with Gasteiger partial charge in [-0.3, -0.25) is 14.6 Å². The van der Waals surface area contributed by atoms with Crippen LogP contribution < -0.4 is 0 Å². The first kappa shape index (κ1) is 15.7. The van der Waals surface area contributed by atoms with E-state index < -0.39 is 19.2 Å². The summed E-state index contributed by atoms with van der Waals surface area (Å²) in [7, 11) is -1.07. The van der Waals surface area contributed by atoms with Crippen LogP contribution in [0.2, 0.25) is 5.82 Å². The second-order valence-electron chi connectivity index (χ2n) is 5.36. The largest absolute Gasteiger partial charge is 0.481 e. The topological polar surface area (TPSA) is 96.7 Å². The second kappa shape index (κ2) is 7.33. The lowest BCUT2D eigenvalue weighted by Gasteiger charge is -2.30. The number of pyridine rings is 1. The van der Waals surface area contributed by atoms with E-state index in [1.807, 2.05) is 0 Å². The Bertz CT molecular complexity index is 495. The average molecular weight is 291 g/mol. The summed E-state index contributed by atoms with van der Waals surface area (Å²) in [5, 5.41) is 18.6. The van der Waals surface area contributed by atoms with E-state index in [0.29, 0.717) is 19.3 Å². The predicted molar refractivity (Wildman–Crippen MR) is 75.6 cm³/mol. The molecule has 0 radical (unpaired) electrons. The summed E-state index contributed by atoms with van der Waals surface area (Å²) in [5.41, 5.74) is 0.893. The van der Waals surface area contributed by atoms with E-state index in [9.17, 15) is 14.6 Å². The molecule has 1 saturated heterocycles. The molecule has 21 heavy (non-hydrogen) atoms. The number of rotatable bonds is 6. The number of carboxylic acid groups (broad SMARTS) is 1. The summed E-state index contributed by atoms with van der Waals surface area (Å²) in [6, 6.07) is 3.57. The molecule has 2 rings (SSSR count). The first-order valence-electron chi connectivity index (χ1n) is 7.00. The smallest absolute Gasteiger partial charge is 0.458 e. The minimum atomic E-state index is -1.07. The van der Waals surface area contributed by atoms with Crippen molar-refractivity contribution in [3.05, 3.63) is 30.1 Å². The Labute approximate surface area is 123 Å². The summed E-state index contributed by atoms with van der Waals surface area (Å²) in [6.45, 7) is 0. The third-order valence-corrected chi connectivity index (χ3v) is 3.64. The highest BCUT2D eigenvalue weighted by Crippen LogP contribution is 2.31. The molecule has 2 N–H and O–H groups in total. The van der Waals surface area contributed by atoms with E-state index >= 15 is 0 Å². The van der Waals surface area contributed by atoms with Crippen molar-refractivity contribution in [3.8, 4) is 0 Å². The molecule has 2 heterocycles. The van der Waals surface area contributed by atoms with Gasteiger partial charge in [0.05, 0.1) is 12.5 Å². The van der Waals surface area contributed by atoms with Crippen molar-refractivity contribution in [2.24, 2.45) is 0 Å². The fourth-order valence-electron chi connectivity index (χ4n) is 2.56. The van der Waals surface area contributed by atoms with Crippen LogP contribution in [0, 0.1) is 0 Å². The molecule has 2 atom stereocenters. The SMILES string of the molecule is O=C(O)C[C@@H]1CC[C@H](CC(=O)Cc2ccncc2)B(O)O1. The highest BCUT2D eigenvalue weighted by Gasteiger charge is 2.36. The summed E-state index contributed by atoms with van der Waals surface area (Å²) in [5.74, 6) is -1.17. The minimum Gasteiger partial charge on any atom is -0.481 e. The van der Waals surface area contributed by atoms with Gasteiger partial charge in [0, 0.05) is 31.1 Å². The Morgan fingerprint density at radius 1 is 1.29 bits per heavy atom. The molecule has 0 aliphatic carbocycles. The molecule has 1 fully saturated rings. The number of aromatic nitrogens is 1. The van der Waals surface area contributed by atoms with Crippen LogP contribution >= 0.6 is 0 Å². The van der Waals surface area contributed by atoms with Crippen LogP contribution in [0.3, 0.4) is 0 Å². The average Bonchev–Trinajstić information content (AvgIpc) is 2.42. The van der Waals surface area contributed by atoms with E-state index in [-0.39, 0.29) is 24.4 Å². The Morgan fingerprint density at radius 2 is 2.00 bits per heavy atom. The fraction of sp³-hybridized carbons (Fsp3) is 0.500. The van der Waals surface area contributed by atoms with Gasteiger partial charge in [-0.25, -0.2) is 0 Å². The van der Waals surface area contributed by atoms with Crippen LogP contribution in [0.4, 0.5) is 0 Å². The second-order valence-corrected chi connectivity index (χ2v) is 5.36. The zero-order chi connectivity index (χ0) is 15.2. The number of carbonyl (C=O) groups excluding carboxylic acids is 1. The Kier molecular flexibility index (Phi) is 5.47. The third-order valence-electron chi connectivity index (χ3n) is 3.64. The molecule has 1 aromatic rings. The van der Waals surface area contributed by atoms with Gasteiger partial charge in [-0.1, -0.05) is 0 Å². The van der Waals surface area contributed by atoms with Crippen LogP contribution in [-0.2, 0) is 20.7 Å². The van der Waals surface area contributed by atoms with Gasteiger partial charge in [-0.2, -0.15) is 0 Å². The van der Waals surface area contributed by atoms with Crippen molar-refractivity contribution in [1.29, 1.82) is 0 Å². The molecular weight excluding hydrogens is 273 g/mol. The lowest BCUT2D eigenvalue weighted by molar-refractivity contribution is -0.139. The van der Waals surface area contributed by atoms with Crippen molar-refractivity contribution in [1.82, 2.24) is 4.98 Å². The maximum absolute atomic E-state index is 12.0. The van der Waals surface area contributed by atoms with E-state index in [1.165, 1.54) is 0 Å². The standard InChI is InChI=1S/C14H18BNO5/c17-12(7-10-3-5-16-6-4-10)8-11-1-2-13(9-14(18)19)21-15(11)20/h3-6,11,13,20H,1-2,7-9H2,(H,18,19)/t11-,13+/m1/s1. The Morgan fingerprint density at radius 3 is 2.62 bits per heavy atom. The molecule has 0 unspecified atom stereocenters. The van der Waals surface area contributed by atoms with Gasteiger partial charge in [0.25, 0.3) is 0 Å². The number of Topliss-reactive ketones (excluding diaryl/α,β-unsaturated/α-hetero) is 1. The fourth-order valence-corrected chi connectivity index (χ4v) is 2.56. The monoisotopic (exact) mass is 291 g/mol. The number of nitrogens with zero attached hydrogens (tertiary/aromatic N) is 1. The molecule has 6 nitrogen and oxygen atoms in total. The summed E-state index contributed by atoms with van der Waals surface area (Å²) in [4.78, 5) is 26.5. The summed E-state index contributed by atoms with van der Waals surface area (Å²) < 4.78 is 5.27. The number of ketones is 1. The zero-order valence-corrected chi connectivity index (χ0v) is 11.6. The normalized spacial score (nSPS) is 22.0. The maximum atomic E-state index is 12.0. The molecule has 7 heteroatoms. The van der Waals surface area contributed by atoms with Crippen molar-refractivity contribution in [2.45, 2.75) is 44.0 Å². The molecule has 1 aliphatic rings. The quantitative estimate of drug-likeness (QED) is 0.761. The van der Waals surface area contributed by atoms with Crippen LogP contribution in [0.15, 0.2) is 24.5 Å². The molecule has 0 bridgehead atoms. The van der Waals surface area contributed by atoms with Gasteiger partial charge >= 0.3 is 13.1 Å². The van der Waals surface area contributed by atoms with Crippen molar-refractivity contribution < 1.29 is 24.4 Å². The number of hydrogen-bond acceptors (Lipinski definition) is 5. The number of hydrogen-bond donors (Lipinski definition) is 2. The number of carbonyl (C=O) groups is 2. The Balaban J connectivity index is 1.81. The first-order valence-corrected chi connectivity index (χ1v) is 7.00. The van der Waals surface area contributed by atoms with Crippen LogP contribution in [-0.4, -0.2) is 40.1 Å². The van der Waals surface area contributed by atoms with E-state index in [0.717, 1.165) is 5.56 Å². The van der Waals surface area contributed by atoms with E-state index in [4.69, 9.17) is 9.76 Å². The van der Waals surface area contributed by atoms with Crippen LogP contribution in [0.5, 0.6) is 0 Å². The van der Waals surface area contributed by atoms with Crippen molar-refractivity contribution in [3.63, 3.8) is 0 Å². The molecule has 0 amide bonds. The van der Waals surface area contributed by atoms with Gasteiger partial charge in [0.15, 0.2) is 0 Å². The van der Waals surface area contributed by atoms with Crippen LogP contribution in [0.25, 0.3) is 0 Å². The molecule has 1 aromatic heterocycles. The maximum Gasteiger partial charge on any atom is 0.458 e. The minimum absolute atomic E-state index is 0.0329. The summed E-state index contributed by atoms with van der Waals surface area (Å²) in [6.07, 6.45) is 4.39. The van der Waals surface area contributed by atoms with Gasteiger partial charge in [0.2, 0.25) is 0 Å². The lowest BCUT2D eigenvalue weighted by Crippen LogP contribution is -2.38. The first-order chi connectivity index (χ1) is 10.0. The van der Waals surface area contributed by atoms with Gasteiger partial charge < -0.3 is 14.8 Å². The molecule has 0 aromatic carbocycles. The number of aliphatic carboxylic acids is 1. The lowest BCUT2D eigenvalue weighted by atomic mass is 9.64. The third kappa shape index (κ3) is 4.95. The molecule has 112 valence electrons. The molecule has 1 aliphatic heterocycles. The van der Waals surface area contributed by atoms with Gasteiger partial charge in [0.1, 0.15) is 5.78 Å². The van der Waals surface area contributed by atoms with E-state index in [1.54, 1.807) is 24.5 Å². The highest BCUT2D eigenvalue weighted by atomic mass is 16.5. The zero-order valence-electron chi connectivity index (χ0n) is 11.6. The van der Waals surface area contributed by atoms with Crippen LogP contribution in [0.1, 0.15) is 31.2 Å². The highest BCUT2D eigenvalue weighted by molar-refractivity contribution is 6.45. The van der Waals surface area contributed by atoms with Crippen molar-refractivity contribution >= 4 is 18.9 Å². The van der Waals surface area contributed by atoms with E-state index in [2.05, 4.69) is 4.98 Å². The van der Waals surface area contributed by atoms with Gasteiger partial charge in [-0.05, 0) is 30.5 Å². The Hall–Kier alpha value is -1.73. The molecular formula is C14H18BNO5.